The summed E-state index contributed by atoms with van der Waals surface area (Å²) in [6.07, 6.45) is 1.40. The van der Waals surface area contributed by atoms with Gasteiger partial charge in [0, 0.05) is 11.7 Å². The highest BCUT2D eigenvalue weighted by atomic mass is 32.2. The van der Waals surface area contributed by atoms with E-state index in [4.69, 9.17) is 5.73 Å². The molecule has 0 aromatic heterocycles. The minimum Gasteiger partial charge on any atom is -0.399 e. The predicted molar refractivity (Wildman–Crippen MR) is 78.8 cm³/mol. The Labute approximate surface area is 118 Å². The first kappa shape index (κ1) is 13.1. The number of hydrogen-bond donors (Lipinski definition) is 2. The molecule has 3 rings (SSSR count). The van der Waals surface area contributed by atoms with Crippen molar-refractivity contribution in [2.45, 2.75) is 23.8 Å². The molecule has 1 aliphatic rings. The number of anilines is 1. The molecule has 0 saturated carbocycles. The predicted octanol–water partition coefficient (Wildman–Crippen LogP) is 1.71. The van der Waals surface area contributed by atoms with Gasteiger partial charge in [-0.1, -0.05) is 24.3 Å². The summed E-state index contributed by atoms with van der Waals surface area (Å²) in [5, 5.41) is 0. The van der Waals surface area contributed by atoms with Gasteiger partial charge in [0.2, 0.25) is 10.0 Å². The number of benzene rings is 2. The Morgan fingerprint density at radius 3 is 2.45 bits per heavy atom. The third-order valence-electron chi connectivity index (χ3n) is 3.54. The van der Waals surface area contributed by atoms with Crippen molar-refractivity contribution in [3.63, 3.8) is 0 Å². The van der Waals surface area contributed by atoms with Crippen LogP contribution in [0, 0.1) is 0 Å². The molecule has 5 heteroatoms. The second kappa shape index (κ2) is 4.92. The van der Waals surface area contributed by atoms with E-state index in [1.54, 1.807) is 30.3 Å². The number of fused-ring (bicyclic) bond motifs is 1. The van der Waals surface area contributed by atoms with Crippen LogP contribution in [0.2, 0.25) is 0 Å². The summed E-state index contributed by atoms with van der Waals surface area (Å²) in [6.45, 7) is 0. The van der Waals surface area contributed by atoms with Gasteiger partial charge in [0.15, 0.2) is 0 Å². The van der Waals surface area contributed by atoms with Gasteiger partial charge in [0.1, 0.15) is 0 Å². The van der Waals surface area contributed by atoms with Crippen molar-refractivity contribution in [1.29, 1.82) is 0 Å². The summed E-state index contributed by atoms with van der Waals surface area (Å²) in [4.78, 5) is 0.301. The van der Waals surface area contributed by atoms with Crippen LogP contribution in [0.1, 0.15) is 11.1 Å². The van der Waals surface area contributed by atoms with Crippen molar-refractivity contribution in [2.75, 3.05) is 5.73 Å². The normalized spacial score (nSPS) is 17.9. The topological polar surface area (TPSA) is 72.2 Å². The molecule has 0 heterocycles. The molecule has 20 heavy (non-hydrogen) atoms. The molecule has 0 bridgehead atoms. The highest BCUT2D eigenvalue weighted by Gasteiger charge is 2.26. The first-order chi connectivity index (χ1) is 9.54. The maximum Gasteiger partial charge on any atom is 0.240 e. The van der Waals surface area contributed by atoms with Crippen molar-refractivity contribution in [3.8, 4) is 0 Å². The van der Waals surface area contributed by atoms with Gasteiger partial charge in [-0.3, -0.25) is 0 Å². The van der Waals surface area contributed by atoms with E-state index in [0.717, 1.165) is 11.3 Å². The molecule has 104 valence electrons. The van der Waals surface area contributed by atoms with Gasteiger partial charge in [-0.25, -0.2) is 13.1 Å². The van der Waals surface area contributed by atoms with Gasteiger partial charge in [0.05, 0.1) is 4.90 Å². The van der Waals surface area contributed by atoms with Crippen LogP contribution in [0.15, 0.2) is 53.4 Å². The molecule has 1 atom stereocenters. The molecule has 0 radical (unpaired) electrons. The van der Waals surface area contributed by atoms with Crippen LogP contribution < -0.4 is 10.5 Å². The maximum atomic E-state index is 12.3. The number of hydrogen-bond acceptors (Lipinski definition) is 3. The lowest BCUT2D eigenvalue weighted by Gasteiger charge is -2.12. The summed E-state index contributed by atoms with van der Waals surface area (Å²) in [6, 6.07) is 14.1. The zero-order valence-electron chi connectivity index (χ0n) is 10.9. The summed E-state index contributed by atoms with van der Waals surface area (Å²) >= 11 is 0. The first-order valence-corrected chi connectivity index (χ1v) is 7.97. The minimum atomic E-state index is -3.45. The molecule has 0 saturated heterocycles. The van der Waals surface area contributed by atoms with Crippen molar-refractivity contribution in [1.82, 2.24) is 4.72 Å². The molecule has 0 amide bonds. The Hall–Kier alpha value is -1.85. The summed E-state index contributed by atoms with van der Waals surface area (Å²) in [5.41, 5.74) is 8.77. The molecule has 1 aliphatic carbocycles. The zero-order chi connectivity index (χ0) is 14.2. The number of rotatable bonds is 3. The molecule has 3 N–H and O–H groups in total. The van der Waals surface area contributed by atoms with Crippen LogP contribution in [-0.2, 0) is 22.9 Å². The van der Waals surface area contributed by atoms with E-state index in [1.807, 2.05) is 18.2 Å². The van der Waals surface area contributed by atoms with E-state index >= 15 is 0 Å². The monoisotopic (exact) mass is 288 g/mol. The van der Waals surface area contributed by atoms with E-state index in [2.05, 4.69) is 4.72 Å². The number of sulfonamides is 1. The van der Waals surface area contributed by atoms with E-state index in [0.29, 0.717) is 17.7 Å². The average Bonchev–Trinajstić information content (AvgIpc) is 2.80. The largest absolute Gasteiger partial charge is 0.399 e. The first-order valence-electron chi connectivity index (χ1n) is 6.49. The molecule has 4 nitrogen and oxygen atoms in total. The fourth-order valence-corrected chi connectivity index (χ4v) is 3.87. The third-order valence-corrected chi connectivity index (χ3v) is 5.07. The lowest BCUT2D eigenvalue weighted by atomic mass is 10.1. The zero-order valence-corrected chi connectivity index (χ0v) is 11.7. The molecule has 0 fully saturated rings. The van der Waals surface area contributed by atoms with Crippen LogP contribution in [0.4, 0.5) is 5.69 Å². The molecule has 0 spiro atoms. The average molecular weight is 288 g/mol. The van der Waals surface area contributed by atoms with Gasteiger partial charge in [-0.2, -0.15) is 0 Å². The standard InChI is InChI=1S/C15H16N2O2S/c16-13-7-6-11-9-14(10-12(11)8-13)17-20(18,19)15-4-2-1-3-5-15/h1-8,14,17H,9-10,16H2. The second-order valence-corrected chi connectivity index (χ2v) is 6.78. The molecular formula is C15H16N2O2S. The Morgan fingerprint density at radius 2 is 1.70 bits per heavy atom. The lowest BCUT2D eigenvalue weighted by Crippen LogP contribution is -2.35. The Bertz CT molecular complexity index is 727. The van der Waals surface area contributed by atoms with Crippen LogP contribution >= 0.6 is 0 Å². The summed E-state index contributed by atoms with van der Waals surface area (Å²) < 4.78 is 27.3. The molecule has 2 aromatic rings. The van der Waals surface area contributed by atoms with Crippen molar-refractivity contribution in [2.24, 2.45) is 0 Å². The molecular weight excluding hydrogens is 272 g/mol. The summed E-state index contributed by atoms with van der Waals surface area (Å²) in [7, 11) is -3.45. The second-order valence-electron chi connectivity index (χ2n) is 5.07. The van der Waals surface area contributed by atoms with Gasteiger partial charge in [0.25, 0.3) is 0 Å². The summed E-state index contributed by atoms with van der Waals surface area (Å²) in [5.74, 6) is 0. The number of nitrogen functional groups attached to an aromatic ring is 1. The highest BCUT2D eigenvalue weighted by molar-refractivity contribution is 7.89. The SMILES string of the molecule is Nc1ccc2c(c1)CC(NS(=O)(=O)c1ccccc1)C2. The quantitative estimate of drug-likeness (QED) is 0.845. The smallest absolute Gasteiger partial charge is 0.240 e. The minimum absolute atomic E-state index is 0.1000. The number of nitrogens with two attached hydrogens (primary N) is 1. The van der Waals surface area contributed by atoms with Gasteiger partial charge in [-0.15, -0.1) is 0 Å². The molecule has 2 aromatic carbocycles. The fraction of sp³-hybridized carbons (Fsp3) is 0.200. The Kier molecular flexibility index (Phi) is 3.23. The van der Waals surface area contributed by atoms with Crippen LogP contribution in [-0.4, -0.2) is 14.5 Å². The van der Waals surface area contributed by atoms with E-state index in [-0.39, 0.29) is 6.04 Å². The van der Waals surface area contributed by atoms with Crippen molar-refractivity contribution < 1.29 is 8.42 Å². The maximum absolute atomic E-state index is 12.3. The Balaban J connectivity index is 1.78. The third kappa shape index (κ3) is 2.55. The van der Waals surface area contributed by atoms with Crippen LogP contribution in [0.3, 0.4) is 0 Å². The fourth-order valence-electron chi connectivity index (χ4n) is 2.61. The van der Waals surface area contributed by atoms with E-state index < -0.39 is 10.0 Å². The van der Waals surface area contributed by atoms with Crippen molar-refractivity contribution >= 4 is 15.7 Å². The van der Waals surface area contributed by atoms with E-state index in [1.165, 1.54) is 5.56 Å². The lowest BCUT2D eigenvalue weighted by molar-refractivity contribution is 0.555. The van der Waals surface area contributed by atoms with E-state index in [9.17, 15) is 8.42 Å². The van der Waals surface area contributed by atoms with Crippen LogP contribution in [0.5, 0.6) is 0 Å². The van der Waals surface area contributed by atoms with Gasteiger partial charge < -0.3 is 5.73 Å². The number of nitrogens with one attached hydrogen (secondary N) is 1. The van der Waals surface area contributed by atoms with Crippen LogP contribution in [0.25, 0.3) is 0 Å². The highest BCUT2D eigenvalue weighted by Crippen LogP contribution is 2.25. The molecule has 1 unspecified atom stereocenters. The molecule has 0 aliphatic heterocycles. The van der Waals surface area contributed by atoms with Gasteiger partial charge >= 0.3 is 0 Å². The van der Waals surface area contributed by atoms with Crippen molar-refractivity contribution in [3.05, 3.63) is 59.7 Å². The Morgan fingerprint density at radius 1 is 1.00 bits per heavy atom. The van der Waals surface area contributed by atoms with Gasteiger partial charge in [-0.05, 0) is 48.2 Å².